The molecule has 1 unspecified atom stereocenters. The first-order chi connectivity index (χ1) is 14.0. The Labute approximate surface area is 194 Å². The molecule has 0 radical (unpaired) electrons. The number of ether oxygens (including phenoxy) is 1. The van der Waals surface area contributed by atoms with Crippen molar-refractivity contribution >= 4 is 35.8 Å². The van der Waals surface area contributed by atoms with Crippen LogP contribution in [0.2, 0.25) is 0 Å². The fraction of sp³-hybridized carbons (Fsp3) is 0.600. The van der Waals surface area contributed by atoms with Crippen LogP contribution in [0, 0.1) is 5.82 Å². The molecule has 1 atom stereocenters. The Morgan fingerprint density at radius 2 is 1.97 bits per heavy atom. The molecule has 1 aromatic rings. The topological polar surface area (TPSA) is 89.4 Å². The number of carbonyl (C=O) groups is 1. The highest BCUT2D eigenvalue weighted by atomic mass is 127. The van der Waals surface area contributed by atoms with Gasteiger partial charge in [-0.2, -0.15) is 0 Å². The van der Waals surface area contributed by atoms with Crippen molar-refractivity contribution in [3.63, 3.8) is 0 Å². The van der Waals surface area contributed by atoms with Crippen molar-refractivity contribution in [3.05, 3.63) is 35.6 Å². The van der Waals surface area contributed by atoms with E-state index in [0.717, 1.165) is 13.1 Å². The first kappa shape index (κ1) is 26.5. The molecule has 8 nitrogen and oxygen atoms in total. The maximum absolute atomic E-state index is 13.8. The Morgan fingerprint density at radius 3 is 2.60 bits per heavy atom. The van der Waals surface area contributed by atoms with Crippen LogP contribution in [0.4, 0.5) is 4.39 Å². The van der Waals surface area contributed by atoms with Gasteiger partial charge in [-0.1, -0.05) is 18.2 Å². The van der Waals surface area contributed by atoms with Crippen LogP contribution in [0.25, 0.3) is 0 Å². The van der Waals surface area contributed by atoms with E-state index in [-0.39, 0.29) is 42.0 Å². The Bertz CT molecular complexity index is 672. The average Bonchev–Trinajstić information content (AvgIpc) is 2.72. The number of nitrogens with zero attached hydrogens (tertiary/aromatic N) is 3. The van der Waals surface area contributed by atoms with E-state index in [9.17, 15) is 14.3 Å². The summed E-state index contributed by atoms with van der Waals surface area (Å²) in [7, 11) is 1.60. The van der Waals surface area contributed by atoms with Crippen molar-refractivity contribution in [2.24, 2.45) is 4.99 Å². The van der Waals surface area contributed by atoms with Gasteiger partial charge in [-0.3, -0.25) is 14.7 Å². The number of methoxy groups -OCH3 is 1. The first-order valence-corrected chi connectivity index (χ1v) is 9.98. The van der Waals surface area contributed by atoms with Crippen LogP contribution in [-0.2, 0) is 9.53 Å². The molecule has 0 spiro atoms. The maximum Gasteiger partial charge on any atom is 0.234 e. The highest BCUT2D eigenvalue weighted by molar-refractivity contribution is 14.0. The standard InChI is InChI=1S/C20H32FN5O3.HI/c1-3-22-20(24-14-18(27)16-6-4-5-7-17(16)21)26-11-9-25(10-12-26)15-19(28)23-8-13-29-2;/h4-7,18,27H,3,8-15H2,1-2H3,(H,22,24)(H,23,28);1H. The number of piperazine rings is 1. The van der Waals surface area contributed by atoms with Gasteiger partial charge in [0.05, 0.1) is 19.7 Å². The van der Waals surface area contributed by atoms with E-state index in [2.05, 4.69) is 25.4 Å². The maximum atomic E-state index is 13.8. The summed E-state index contributed by atoms with van der Waals surface area (Å²) in [5, 5.41) is 16.3. The summed E-state index contributed by atoms with van der Waals surface area (Å²) < 4.78 is 18.8. The normalized spacial score (nSPS) is 16.0. The van der Waals surface area contributed by atoms with Crippen LogP contribution in [0.5, 0.6) is 0 Å². The van der Waals surface area contributed by atoms with Crippen molar-refractivity contribution < 1.29 is 19.0 Å². The molecule has 0 bridgehead atoms. The third-order valence-corrected chi connectivity index (χ3v) is 4.68. The molecule has 1 amide bonds. The SMILES string of the molecule is CCNC(=NCC(O)c1ccccc1F)N1CCN(CC(=O)NCCOC)CC1.I. The molecule has 3 N–H and O–H groups in total. The lowest BCUT2D eigenvalue weighted by atomic mass is 10.1. The van der Waals surface area contributed by atoms with Gasteiger partial charge >= 0.3 is 0 Å². The van der Waals surface area contributed by atoms with Gasteiger partial charge in [0.25, 0.3) is 0 Å². The summed E-state index contributed by atoms with van der Waals surface area (Å²) >= 11 is 0. The lowest BCUT2D eigenvalue weighted by molar-refractivity contribution is -0.122. The molecule has 0 aromatic heterocycles. The average molecular weight is 537 g/mol. The van der Waals surface area contributed by atoms with Crippen molar-refractivity contribution in [3.8, 4) is 0 Å². The van der Waals surface area contributed by atoms with E-state index in [4.69, 9.17) is 4.74 Å². The predicted octanol–water partition coefficient (Wildman–Crippen LogP) is 0.823. The van der Waals surface area contributed by atoms with E-state index in [0.29, 0.717) is 45.3 Å². The van der Waals surface area contributed by atoms with Crippen molar-refractivity contribution in [2.45, 2.75) is 13.0 Å². The Hall–Kier alpha value is -1.50. The number of hydrogen-bond donors (Lipinski definition) is 3. The lowest BCUT2D eigenvalue weighted by Crippen LogP contribution is -2.54. The number of benzene rings is 1. The highest BCUT2D eigenvalue weighted by Gasteiger charge is 2.21. The van der Waals surface area contributed by atoms with E-state index >= 15 is 0 Å². The summed E-state index contributed by atoms with van der Waals surface area (Å²) in [6, 6.07) is 6.19. The molecule has 1 aliphatic rings. The molecule has 1 fully saturated rings. The van der Waals surface area contributed by atoms with Crippen LogP contribution < -0.4 is 10.6 Å². The van der Waals surface area contributed by atoms with Gasteiger partial charge in [-0.25, -0.2) is 4.39 Å². The minimum atomic E-state index is -0.998. The summed E-state index contributed by atoms with van der Waals surface area (Å²) in [4.78, 5) is 20.6. The monoisotopic (exact) mass is 537 g/mol. The second-order valence-corrected chi connectivity index (χ2v) is 6.84. The fourth-order valence-electron chi connectivity index (χ4n) is 3.11. The van der Waals surface area contributed by atoms with E-state index < -0.39 is 11.9 Å². The number of hydrogen-bond acceptors (Lipinski definition) is 5. The number of guanidine groups is 1. The Kier molecular flexibility index (Phi) is 12.8. The summed E-state index contributed by atoms with van der Waals surface area (Å²) in [6.07, 6.45) is -0.998. The Balaban J connectivity index is 0.00000450. The molecule has 170 valence electrons. The molecule has 0 saturated carbocycles. The van der Waals surface area contributed by atoms with Crippen molar-refractivity contribution in [2.75, 3.05) is 66.1 Å². The van der Waals surface area contributed by atoms with Gasteiger partial charge < -0.3 is 25.4 Å². The number of rotatable bonds is 9. The largest absolute Gasteiger partial charge is 0.386 e. The smallest absolute Gasteiger partial charge is 0.234 e. The summed E-state index contributed by atoms with van der Waals surface area (Å²) in [5.41, 5.74) is 0.247. The van der Waals surface area contributed by atoms with Gasteiger partial charge in [0, 0.05) is 51.9 Å². The van der Waals surface area contributed by atoms with Crippen molar-refractivity contribution in [1.29, 1.82) is 0 Å². The second kappa shape index (κ2) is 14.5. The van der Waals surface area contributed by atoms with E-state index in [1.165, 1.54) is 6.07 Å². The van der Waals surface area contributed by atoms with Gasteiger partial charge in [-0.05, 0) is 13.0 Å². The number of carbonyl (C=O) groups excluding carboxylic acids is 1. The molecule has 2 rings (SSSR count). The molecule has 30 heavy (non-hydrogen) atoms. The van der Waals surface area contributed by atoms with Gasteiger partial charge in [0.2, 0.25) is 5.91 Å². The van der Waals surface area contributed by atoms with Crippen LogP contribution >= 0.6 is 24.0 Å². The molecule has 1 saturated heterocycles. The molecular weight excluding hydrogens is 504 g/mol. The Morgan fingerprint density at radius 1 is 1.27 bits per heavy atom. The van der Waals surface area contributed by atoms with E-state index in [1.807, 2.05) is 6.92 Å². The van der Waals surface area contributed by atoms with Gasteiger partial charge in [-0.15, -0.1) is 24.0 Å². The quantitative estimate of drug-likeness (QED) is 0.187. The summed E-state index contributed by atoms with van der Waals surface area (Å²) in [6.45, 7) is 7.01. The molecular formula is C20H33FIN5O3. The fourth-order valence-corrected chi connectivity index (χ4v) is 3.11. The van der Waals surface area contributed by atoms with Gasteiger partial charge in [0.1, 0.15) is 11.9 Å². The van der Waals surface area contributed by atoms with Crippen LogP contribution in [0.1, 0.15) is 18.6 Å². The zero-order chi connectivity index (χ0) is 21.1. The van der Waals surface area contributed by atoms with E-state index in [1.54, 1.807) is 25.3 Å². The zero-order valence-corrected chi connectivity index (χ0v) is 20.0. The van der Waals surface area contributed by atoms with Crippen LogP contribution in [-0.4, -0.2) is 92.8 Å². The highest BCUT2D eigenvalue weighted by Crippen LogP contribution is 2.17. The third-order valence-electron chi connectivity index (χ3n) is 4.68. The number of aliphatic hydroxyl groups is 1. The summed E-state index contributed by atoms with van der Waals surface area (Å²) in [5.74, 6) is 0.244. The molecule has 1 aromatic carbocycles. The van der Waals surface area contributed by atoms with Crippen LogP contribution in [0.15, 0.2) is 29.3 Å². The predicted molar refractivity (Wildman–Crippen MR) is 126 cm³/mol. The number of amides is 1. The van der Waals surface area contributed by atoms with Gasteiger partial charge in [0.15, 0.2) is 5.96 Å². The zero-order valence-electron chi connectivity index (χ0n) is 17.6. The minimum absolute atomic E-state index is 0. The first-order valence-electron chi connectivity index (χ1n) is 9.98. The number of aliphatic imine (C=N–C) groups is 1. The van der Waals surface area contributed by atoms with Crippen LogP contribution in [0.3, 0.4) is 0 Å². The lowest BCUT2D eigenvalue weighted by Gasteiger charge is -2.36. The molecule has 1 heterocycles. The number of halogens is 2. The van der Waals surface area contributed by atoms with Crippen molar-refractivity contribution in [1.82, 2.24) is 20.4 Å². The molecule has 10 heteroatoms. The third kappa shape index (κ3) is 8.70. The molecule has 0 aliphatic carbocycles. The second-order valence-electron chi connectivity index (χ2n) is 6.84. The number of nitrogens with one attached hydrogen (secondary N) is 2. The molecule has 1 aliphatic heterocycles. The minimum Gasteiger partial charge on any atom is -0.386 e. The number of aliphatic hydroxyl groups excluding tert-OH is 1.